The minimum absolute atomic E-state index is 0.729. The van der Waals surface area contributed by atoms with Gasteiger partial charge in [0.05, 0.1) is 0 Å². The molecule has 1 rings (SSSR count). The Hall–Kier alpha value is -0.0800. The van der Waals surface area contributed by atoms with Gasteiger partial charge in [0, 0.05) is 12.6 Å². The molecule has 1 fully saturated rings. The molecular formula is C8H18N2. The first-order valence-electron chi connectivity index (χ1n) is 4.25. The van der Waals surface area contributed by atoms with Crippen LogP contribution >= 0.6 is 0 Å². The molecule has 1 saturated heterocycles. The summed E-state index contributed by atoms with van der Waals surface area (Å²) in [4.78, 5) is 2.41. The van der Waals surface area contributed by atoms with E-state index >= 15 is 0 Å². The van der Waals surface area contributed by atoms with Crippen molar-refractivity contribution in [3.05, 3.63) is 0 Å². The van der Waals surface area contributed by atoms with Crippen LogP contribution in [0, 0.1) is 0 Å². The highest BCUT2D eigenvalue weighted by atomic mass is 15.1. The van der Waals surface area contributed by atoms with Crippen LogP contribution in [0.25, 0.3) is 0 Å². The Morgan fingerprint density at radius 2 is 2.40 bits per heavy atom. The lowest BCUT2D eigenvalue weighted by atomic mass is 10.2. The average Bonchev–Trinajstić information content (AvgIpc) is 2.13. The van der Waals surface area contributed by atoms with Crippen molar-refractivity contribution in [1.29, 1.82) is 0 Å². The van der Waals surface area contributed by atoms with E-state index in [9.17, 15) is 0 Å². The maximum atomic E-state index is 3.52. The molecule has 2 heteroatoms. The molecule has 0 saturated carbocycles. The Labute approximate surface area is 63.6 Å². The highest BCUT2D eigenvalue weighted by Crippen LogP contribution is 1.99. The average molecular weight is 142 g/mol. The van der Waals surface area contributed by atoms with E-state index in [1.165, 1.54) is 32.5 Å². The first-order valence-corrected chi connectivity index (χ1v) is 4.25. The van der Waals surface area contributed by atoms with Crippen molar-refractivity contribution in [1.82, 2.24) is 10.2 Å². The van der Waals surface area contributed by atoms with E-state index in [-0.39, 0.29) is 0 Å². The van der Waals surface area contributed by atoms with Crippen LogP contribution in [-0.4, -0.2) is 37.6 Å². The van der Waals surface area contributed by atoms with Crippen LogP contribution in [0.15, 0.2) is 0 Å². The second-order valence-electron chi connectivity index (χ2n) is 3.18. The topological polar surface area (TPSA) is 15.3 Å². The molecule has 1 atom stereocenters. The Kier molecular flexibility index (Phi) is 3.16. The van der Waals surface area contributed by atoms with Gasteiger partial charge in [-0.15, -0.1) is 0 Å². The maximum absolute atomic E-state index is 3.52. The summed E-state index contributed by atoms with van der Waals surface area (Å²) >= 11 is 0. The minimum Gasteiger partial charge on any atom is -0.313 e. The van der Waals surface area contributed by atoms with E-state index in [4.69, 9.17) is 0 Å². The van der Waals surface area contributed by atoms with Crippen LogP contribution in [0.1, 0.15) is 19.8 Å². The normalized spacial score (nSPS) is 30.0. The Balaban J connectivity index is 2.30. The van der Waals surface area contributed by atoms with Gasteiger partial charge in [-0.1, -0.05) is 6.92 Å². The van der Waals surface area contributed by atoms with Crippen molar-refractivity contribution in [2.45, 2.75) is 25.8 Å². The summed E-state index contributed by atoms with van der Waals surface area (Å²) in [6.07, 6.45) is 2.55. The Bertz CT molecular complexity index is 93.3. The third-order valence-electron chi connectivity index (χ3n) is 2.17. The summed E-state index contributed by atoms with van der Waals surface area (Å²) in [5.41, 5.74) is 0. The van der Waals surface area contributed by atoms with Crippen molar-refractivity contribution in [3.63, 3.8) is 0 Å². The SMILES string of the molecule is CC[C@H]1CN(C)CCCN1. The molecule has 0 aliphatic carbocycles. The maximum Gasteiger partial charge on any atom is 0.0192 e. The van der Waals surface area contributed by atoms with Gasteiger partial charge >= 0.3 is 0 Å². The highest BCUT2D eigenvalue weighted by Gasteiger charge is 2.11. The van der Waals surface area contributed by atoms with Gasteiger partial charge in [-0.25, -0.2) is 0 Å². The van der Waals surface area contributed by atoms with Crippen LogP contribution in [0.3, 0.4) is 0 Å². The molecule has 0 bridgehead atoms. The van der Waals surface area contributed by atoms with Gasteiger partial charge in [0.25, 0.3) is 0 Å². The zero-order valence-electron chi connectivity index (χ0n) is 7.06. The van der Waals surface area contributed by atoms with Crippen molar-refractivity contribution in [2.24, 2.45) is 0 Å². The van der Waals surface area contributed by atoms with E-state index < -0.39 is 0 Å². The number of nitrogens with one attached hydrogen (secondary N) is 1. The monoisotopic (exact) mass is 142 g/mol. The molecule has 2 nitrogen and oxygen atoms in total. The standard InChI is InChI=1S/C8H18N2/c1-3-8-7-10(2)6-4-5-9-8/h8-9H,3-7H2,1-2H3/t8-/m0/s1. The van der Waals surface area contributed by atoms with E-state index in [0.717, 1.165) is 6.04 Å². The van der Waals surface area contributed by atoms with Gasteiger partial charge < -0.3 is 10.2 Å². The van der Waals surface area contributed by atoms with E-state index in [2.05, 4.69) is 24.2 Å². The van der Waals surface area contributed by atoms with Crippen molar-refractivity contribution in [3.8, 4) is 0 Å². The van der Waals surface area contributed by atoms with Gasteiger partial charge in [-0.05, 0) is 33.0 Å². The molecule has 10 heavy (non-hydrogen) atoms. The first kappa shape index (κ1) is 8.02. The van der Waals surface area contributed by atoms with E-state index in [1.54, 1.807) is 0 Å². The summed E-state index contributed by atoms with van der Waals surface area (Å²) in [5.74, 6) is 0. The molecule has 0 aromatic rings. The van der Waals surface area contributed by atoms with Gasteiger partial charge in [-0.2, -0.15) is 0 Å². The van der Waals surface area contributed by atoms with E-state index in [0.29, 0.717) is 0 Å². The minimum atomic E-state index is 0.729. The lowest BCUT2D eigenvalue weighted by Gasteiger charge is -2.18. The predicted molar refractivity (Wildman–Crippen MR) is 44.2 cm³/mol. The van der Waals surface area contributed by atoms with Gasteiger partial charge in [0.15, 0.2) is 0 Å². The molecule has 0 aromatic heterocycles. The summed E-state index contributed by atoms with van der Waals surface area (Å²) in [6, 6.07) is 0.729. The number of hydrogen-bond donors (Lipinski definition) is 1. The van der Waals surface area contributed by atoms with E-state index in [1.807, 2.05) is 0 Å². The Morgan fingerprint density at radius 1 is 1.60 bits per heavy atom. The number of likely N-dealkylation sites (N-methyl/N-ethyl adjacent to an activating group) is 1. The second kappa shape index (κ2) is 3.94. The van der Waals surface area contributed by atoms with Crippen LogP contribution in [0.4, 0.5) is 0 Å². The number of nitrogens with zero attached hydrogens (tertiary/aromatic N) is 1. The fourth-order valence-electron chi connectivity index (χ4n) is 1.46. The van der Waals surface area contributed by atoms with Crippen LogP contribution in [-0.2, 0) is 0 Å². The van der Waals surface area contributed by atoms with Crippen LogP contribution in [0.2, 0.25) is 0 Å². The largest absolute Gasteiger partial charge is 0.313 e. The molecule has 0 aromatic carbocycles. The van der Waals surface area contributed by atoms with Crippen molar-refractivity contribution >= 4 is 0 Å². The quantitative estimate of drug-likeness (QED) is 0.579. The van der Waals surface area contributed by atoms with Crippen molar-refractivity contribution < 1.29 is 0 Å². The first-order chi connectivity index (χ1) is 4.83. The van der Waals surface area contributed by atoms with Crippen LogP contribution < -0.4 is 5.32 Å². The van der Waals surface area contributed by atoms with Gasteiger partial charge in [0.2, 0.25) is 0 Å². The lowest BCUT2D eigenvalue weighted by molar-refractivity contribution is 0.320. The molecule has 0 unspecified atom stereocenters. The van der Waals surface area contributed by atoms with Crippen molar-refractivity contribution in [2.75, 3.05) is 26.7 Å². The smallest absolute Gasteiger partial charge is 0.0192 e. The molecule has 1 aliphatic rings. The zero-order chi connectivity index (χ0) is 7.40. The summed E-state index contributed by atoms with van der Waals surface area (Å²) in [6.45, 7) is 5.92. The molecule has 0 spiro atoms. The molecule has 0 radical (unpaired) electrons. The second-order valence-corrected chi connectivity index (χ2v) is 3.18. The predicted octanol–water partition coefficient (Wildman–Crippen LogP) is 0.690. The molecule has 1 N–H and O–H groups in total. The summed E-state index contributed by atoms with van der Waals surface area (Å²) in [7, 11) is 2.20. The molecular weight excluding hydrogens is 124 g/mol. The zero-order valence-corrected chi connectivity index (χ0v) is 7.06. The number of hydrogen-bond acceptors (Lipinski definition) is 2. The summed E-state index contributed by atoms with van der Waals surface area (Å²) in [5, 5.41) is 3.52. The fraction of sp³-hybridized carbons (Fsp3) is 1.00. The summed E-state index contributed by atoms with van der Waals surface area (Å²) < 4.78 is 0. The molecule has 60 valence electrons. The Morgan fingerprint density at radius 3 is 3.10 bits per heavy atom. The lowest BCUT2D eigenvalue weighted by Crippen LogP contribution is -2.35. The number of rotatable bonds is 1. The third kappa shape index (κ3) is 2.27. The molecule has 1 aliphatic heterocycles. The fourth-order valence-corrected chi connectivity index (χ4v) is 1.46. The highest BCUT2D eigenvalue weighted by molar-refractivity contribution is 4.72. The third-order valence-corrected chi connectivity index (χ3v) is 2.17. The molecule has 1 heterocycles. The van der Waals surface area contributed by atoms with Crippen LogP contribution in [0.5, 0.6) is 0 Å². The van der Waals surface area contributed by atoms with Gasteiger partial charge in [0.1, 0.15) is 0 Å². The van der Waals surface area contributed by atoms with Gasteiger partial charge in [-0.3, -0.25) is 0 Å². The molecule has 0 amide bonds.